The summed E-state index contributed by atoms with van der Waals surface area (Å²) >= 11 is 3.39. The standard InChI is InChI=1S/C19H24BrN5O2.2C2H6/c1-4-10-25(11-9-21-18(26)5-2)17-8-6-7-16(23-17)22-15-12-14(20)13-24(3)19(15)27;2*1-2/h5-8,12-13H,2,4,9-11H2,1,3H3,(H,21,26)(H,22,23);2*1-2H3. The van der Waals surface area contributed by atoms with Crippen LogP contribution in [0, 0.1) is 0 Å². The van der Waals surface area contributed by atoms with Gasteiger partial charge in [-0.2, -0.15) is 0 Å². The number of anilines is 3. The fourth-order valence-corrected chi connectivity index (χ4v) is 3.10. The first-order valence-corrected chi connectivity index (χ1v) is 11.5. The van der Waals surface area contributed by atoms with Gasteiger partial charge < -0.3 is 20.1 Å². The Bertz CT molecular complexity index is 867. The molecule has 0 fully saturated rings. The van der Waals surface area contributed by atoms with Crippen LogP contribution in [0.25, 0.3) is 0 Å². The van der Waals surface area contributed by atoms with Gasteiger partial charge in [-0.1, -0.05) is 47.3 Å². The Labute approximate surface area is 194 Å². The van der Waals surface area contributed by atoms with Crippen molar-refractivity contribution in [2.45, 2.75) is 41.0 Å². The zero-order valence-corrected chi connectivity index (χ0v) is 21.1. The maximum atomic E-state index is 12.3. The van der Waals surface area contributed by atoms with Crippen LogP contribution in [0.5, 0.6) is 0 Å². The number of carbonyl (C=O) groups is 1. The largest absolute Gasteiger partial charge is 0.355 e. The number of aryl methyl sites for hydroxylation is 1. The van der Waals surface area contributed by atoms with Crippen LogP contribution >= 0.6 is 15.9 Å². The lowest BCUT2D eigenvalue weighted by Crippen LogP contribution is -2.35. The summed E-state index contributed by atoms with van der Waals surface area (Å²) in [6, 6.07) is 7.34. The summed E-state index contributed by atoms with van der Waals surface area (Å²) in [5.41, 5.74) is 0.305. The normalized spacial score (nSPS) is 9.39. The fraction of sp³-hybridized carbons (Fsp3) is 0.435. The van der Waals surface area contributed by atoms with Crippen molar-refractivity contribution in [2.75, 3.05) is 29.9 Å². The van der Waals surface area contributed by atoms with E-state index in [0.717, 1.165) is 23.3 Å². The maximum Gasteiger partial charge on any atom is 0.274 e. The van der Waals surface area contributed by atoms with Crippen LogP contribution in [0.3, 0.4) is 0 Å². The highest BCUT2D eigenvalue weighted by Gasteiger charge is 2.10. The number of carbonyl (C=O) groups excluding carboxylic acids is 1. The maximum absolute atomic E-state index is 12.3. The minimum atomic E-state index is -0.194. The smallest absolute Gasteiger partial charge is 0.274 e. The van der Waals surface area contributed by atoms with Gasteiger partial charge >= 0.3 is 0 Å². The van der Waals surface area contributed by atoms with E-state index in [1.165, 1.54) is 10.6 Å². The summed E-state index contributed by atoms with van der Waals surface area (Å²) in [6.45, 7) is 15.5. The van der Waals surface area contributed by atoms with E-state index in [2.05, 4.69) is 50.0 Å². The average molecular weight is 494 g/mol. The molecule has 0 atom stereocenters. The number of halogens is 1. The molecule has 0 saturated carbocycles. The van der Waals surface area contributed by atoms with Crippen LogP contribution in [0.4, 0.5) is 17.3 Å². The Kier molecular flexibility index (Phi) is 14.8. The second kappa shape index (κ2) is 16.1. The van der Waals surface area contributed by atoms with Gasteiger partial charge in [0.25, 0.3) is 5.56 Å². The molecule has 172 valence electrons. The van der Waals surface area contributed by atoms with Crippen LogP contribution < -0.4 is 21.1 Å². The number of rotatable bonds is 9. The summed E-state index contributed by atoms with van der Waals surface area (Å²) in [5, 5.41) is 5.86. The van der Waals surface area contributed by atoms with Crippen LogP contribution in [-0.4, -0.2) is 35.1 Å². The van der Waals surface area contributed by atoms with E-state index >= 15 is 0 Å². The van der Waals surface area contributed by atoms with Crippen LogP contribution in [-0.2, 0) is 11.8 Å². The van der Waals surface area contributed by atoms with E-state index < -0.39 is 0 Å². The predicted molar refractivity (Wildman–Crippen MR) is 135 cm³/mol. The SMILES string of the molecule is C=CC(=O)NCCN(CCC)c1cccc(Nc2cc(Br)cn(C)c2=O)n1.CC.CC. The number of amides is 1. The lowest BCUT2D eigenvalue weighted by molar-refractivity contribution is -0.116. The number of nitrogens with one attached hydrogen (secondary N) is 2. The molecular formula is C23H36BrN5O2. The van der Waals surface area contributed by atoms with Crippen molar-refractivity contribution >= 4 is 39.2 Å². The second-order valence-corrected chi connectivity index (χ2v) is 6.89. The summed E-state index contributed by atoms with van der Waals surface area (Å²) in [7, 11) is 1.70. The number of pyridine rings is 2. The molecule has 2 N–H and O–H groups in total. The summed E-state index contributed by atoms with van der Waals surface area (Å²) in [4.78, 5) is 30.3. The average Bonchev–Trinajstić information content (AvgIpc) is 2.79. The van der Waals surface area contributed by atoms with E-state index in [-0.39, 0.29) is 11.5 Å². The minimum Gasteiger partial charge on any atom is -0.355 e. The molecule has 0 unspecified atom stereocenters. The molecule has 2 heterocycles. The molecular weight excluding hydrogens is 458 g/mol. The molecule has 0 aliphatic carbocycles. The minimum absolute atomic E-state index is 0.136. The van der Waals surface area contributed by atoms with Crippen molar-refractivity contribution in [3.05, 3.63) is 57.9 Å². The van der Waals surface area contributed by atoms with Crippen molar-refractivity contribution in [2.24, 2.45) is 7.05 Å². The molecule has 2 rings (SSSR count). The van der Waals surface area contributed by atoms with E-state index in [4.69, 9.17) is 0 Å². The number of aromatic nitrogens is 2. The van der Waals surface area contributed by atoms with Gasteiger partial charge in [0, 0.05) is 37.4 Å². The zero-order valence-electron chi connectivity index (χ0n) is 19.5. The van der Waals surface area contributed by atoms with Crippen molar-refractivity contribution in [1.29, 1.82) is 0 Å². The Morgan fingerprint density at radius 1 is 1.26 bits per heavy atom. The third-order valence-corrected chi connectivity index (χ3v) is 4.26. The number of nitrogens with zero attached hydrogens (tertiary/aromatic N) is 3. The Morgan fingerprint density at radius 2 is 1.94 bits per heavy atom. The van der Waals surface area contributed by atoms with Crippen molar-refractivity contribution in [3.8, 4) is 0 Å². The monoisotopic (exact) mass is 493 g/mol. The first-order chi connectivity index (χ1) is 14.9. The zero-order chi connectivity index (χ0) is 23.8. The Morgan fingerprint density at radius 3 is 2.55 bits per heavy atom. The Balaban J connectivity index is 0.00000212. The fourth-order valence-electron chi connectivity index (χ4n) is 2.56. The van der Waals surface area contributed by atoms with Crippen molar-refractivity contribution in [1.82, 2.24) is 14.9 Å². The molecule has 8 heteroatoms. The molecule has 0 aliphatic rings. The van der Waals surface area contributed by atoms with E-state index in [9.17, 15) is 9.59 Å². The first-order valence-electron chi connectivity index (χ1n) is 10.7. The second-order valence-electron chi connectivity index (χ2n) is 5.98. The summed E-state index contributed by atoms with van der Waals surface area (Å²) in [5.74, 6) is 1.17. The van der Waals surface area contributed by atoms with E-state index in [1.807, 2.05) is 45.9 Å². The topological polar surface area (TPSA) is 79.3 Å². The highest BCUT2D eigenvalue weighted by Crippen LogP contribution is 2.19. The molecule has 0 radical (unpaired) electrons. The van der Waals surface area contributed by atoms with E-state index in [1.54, 1.807) is 19.3 Å². The van der Waals surface area contributed by atoms with Gasteiger partial charge in [-0.15, -0.1) is 0 Å². The Hall–Kier alpha value is -2.61. The number of hydrogen-bond acceptors (Lipinski definition) is 5. The molecule has 0 spiro atoms. The molecule has 2 aromatic heterocycles. The first kappa shape index (κ1) is 28.4. The summed E-state index contributed by atoms with van der Waals surface area (Å²) in [6.07, 6.45) is 3.91. The highest BCUT2D eigenvalue weighted by molar-refractivity contribution is 9.10. The van der Waals surface area contributed by atoms with Gasteiger partial charge in [0.15, 0.2) is 0 Å². The van der Waals surface area contributed by atoms with Gasteiger partial charge in [-0.3, -0.25) is 9.59 Å². The van der Waals surface area contributed by atoms with Crippen molar-refractivity contribution in [3.63, 3.8) is 0 Å². The predicted octanol–water partition coefficient (Wildman–Crippen LogP) is 4.86. The molecule has 0 aliphatic heterocycles. The quantitative estimate of drug-likeness (QED) is 0.487. The molecule has 7 nitrogen and oxygen atoms in total. The van der Waals surface area contributed by atoms with Gasteiger partial charge in [-0.25, -0.2) is 4.98 Å². The van der Waals surface area contributed by atoms with E-state index in [0.29, 0.717) is 24.6 Å². The van der Waals surface area contributed by atoms with Crippen LogP contribution in [0.1, 0.15) is 41.0 Å². The van der Waals surface area contributed by atoms with Gasteiger partial charge in [0.1, 0.15) is 17.3 Å². The third kappa shape index (κ3) is 9.83. The van der Waals surface area contributed by atoms with Crippen LogP contribution in [0.2, 0.25) is 0 Å². The highest BCUT2D eigenvalue weighted by atomic mass is 79.9. The molecule has 1 amide bonds. The molecule has 0 bridgehead atoms. The van der Waals surface area contributed by atoms with Gasteiger partial charge in [0.2, 0.25) is 5.91 Å². The van der Waals surface area contributed by atoms with Crippen LogP contribution in [0.15, 0.2) is 52.4 Å². The third-order valence-electron chi connectivity index (χ3n) is 3.83. The lowest BCUT2D eigenvalue weighted by Gasteiger charge is -2.23. The molecule has 31 heavy (non-hydrogen) atoms. The molecule has 0 saturated heterocycles. The number of hydrogen-bond donors (Lipinski definition) is 2. The van der Waals surface area contributed by atoms with Crippen molar-refractivity contribution < 1.29 is 4.79 Å². The lowest BCUT2D eigenvalue weighted by atomic mass is 10.3. The van der Waals surface area contributed by atoms with Gasteiger partial charge in [0.05, 0.1) is 0 Å². The molecule has 0 aromatic carbocycles. The van der Waals surface area contributed by atoms with Gasteiger partial charge in [-0.05, 0) is 46.6 Å². The summed E-state index contributed by atoms with van der Waals surface area (Å²) < 4.78 is 2.30. The molecule has 2 aromatic rings.